The first kappa shape index (κ1) is 13.6. The molecule has 1 atom stereocenters. The molecule has 100 valence electrons. The molecule has 0 amide bonds. The van der Waals surface area contributed by atoms with Crippen molar-refractivity contribution < 1.29 is 9.53 Å². The van der Waals surface area contributed by atoms with Gasteiger partial charge in [-0.1, -0.05) is 0 Å². The Morgan fingerprint density at radius 3 is 3.00 bits per heavy atom. The molecule has 1 fully saturated rings. The predicted molar refractivity (Wildman–Crippen MR) is 73.4 cm³/mol. The highest BCUT2D eigenvalue weighted by Gasteiger charge is 2.20. The number of aldehydes is 1. The summed E-state index contributed by atoms with van der Waals surface area (Å²) in [4.78, 5) is 12.9. The van der Waals surface area contributed by atoms with Gasteiger partial charge in [-0.3, -0.25) is 4.79 Å². The molecule has 1 aliphatic rings. The van der Waals surface area contributed by atoms with E-state index in [1.165, 1.54) is 0 Å². The second-order valence-electron chi connectivity index (χ2n) is 4.68. The maximum Gasteiger partial charge on any atom is 0.150 e. The van der Waals surface area contributed by atoms with Crippen molar-refractivity contribution in [3.63, 3.8) is 0 Å². The third-order valence-corrected chi connectivity index (χ3v) is 3.45. The number of ether oxygens (including phenoxy) is 1. The molecule has 1 saturated heterocycles. The van der Waals surface area contributed by atoms with Crippen molar-refractivity contribution in [3.8, 4) is 6.07 Å². The number of anilines is 1. The maximum absolute atomic E-state index is 10.8. The first-order chi connectivity index (χ1) is 9.28. The van der Waals surface area contributed by atoms with Crippen LogP contribution in [0.5, 0.6) is 0 Å². The van der Waals surface area contributed by atoms with Gasteiger partial charge in [0.1, 0.15) is 12.4 Å². The zero-order valence-corrected chi connectivity index (χ0v) is 11.1. The quantitative estimate of drug-likeness (QED) is 0.761. The molecule has 0 aromatic heterocycles. The highest BCUT2D eigenvalue weighted by molar-refractivity contribution is 5.78. The average Bonchev–Trinajstić information content (AvgIpc) is 2.97. The van der Waals surface area contributed by atoms with Crippen molar-refractivity contribution >= 4 is 12.0 Å². The number of carbonyl (C=O) groups excluding carboxylic acids is 1. The van der Waals surface area contributed by atoms with Crippen molar-refractivity contribution in [1.29, 1.82) is 5.26 Å². The van der Waals surface area contributed by atoms with Crippen LogP contribution in [-0.2, 0) is 4.74 Å². The Kier molecular flexibility index (Phi) is 4.53. The van der Waals surface area contributed by atoms with E-state index in [0.717, 1.165) is 44.5 Å². The molecule has 0 N–H and O–H groups in total. The van der Waals surface area contributed by atoms with Gasteiger partial charge in [0.15, 0.2) is 0 Å². The molecule has 0 radical (unpaired) electrons. The lowest BCUT2D eigenvalue weighted by molar-refractivity contribution is 0.112. The fourth-order valence-electron chi connectivity index (χ4n) is 2.42. The van der Waals surface area contributed by atoms with Crippen molar-refractivity contribution in [1.82, 2.24) is 0 Å². The lowest BCUT2D eigenvalue weighted by atomic mass is 10.1. The summed E-state index contributed by atoms with van der Waals surface area (Å²) in [5.41, 5.74) is 1.96. The van der Waals surface area contributed by atoms with Crippen molar-refractivity contribution in [3.05, 3.63) is 29.3 Å². The smallest absolute Gasteiger partial charge is 0.150 e. The van der Waals surface area contributed by atoms with E-state index in [1.54, 1.807) is 12.1 Å². The largest absolute Gasteiger partial charge is 0.376 e. The molecule has 1 aliphatic heterocycles. The van der Waals surface area contributed by atoms with E-state index in [9.17, 15) is 10.1 Å². The first-order valence-electron chi connectivity index (χ1n) is 6.64. The Bertz CT molecular complexity index is 487. The van der Waals surface area contributed by atoms with E-state index in [0.29, 0.717) is 11.1 Å². The van der Waals surface area contributed by atoms with Gasteiger partial charge in [-0.15, -0.1) is 0 Å². The zero-order chi connectivity index (χ0) is 13.7. The summed E-state index contributed by atoms with van der Waals surface area (Å²) in [5.74, 6) is 0. The summed E-state index contributed by atoms with van der Waals surface area (Å²) in [6, 6.07) is 7.41. The second-order valence-corrected chi connectivity index (χ2v) is 4.68. The molecule has 0 bridgehead atoms. The van der Waals surface area contributed by atoms with Crippen LogP contribution in [0, 0.1) is 11.3 Å². The summed E-state index contributed by atoms with van der Waals surface area (Å²) in [6.07, 6.45) is 3.20. The topological polar surface area (TPSA) is 53.3 Å². The first-order valence-corrected chi connectivity index (χ1v) is 6.64. The molecule has 4 nitrogen and oxygen atoms in total. The Labute approximate surface area is 113 Å². The number of nitrogens with zero attached hydrogens (tertiary/aromatic N) is 2. The lowest BCUT2D eigenvalue weighted by Gasteiger charge is -2.27. The number of hydrogen-bond donors (Lipinski definition) is 0. The van der Waals surface area contributed by atoms with Crippen LogP contribution in [-0.4, -0.2) is 32.1 Å². The van der Waals surface area contributed by atoms with Crippen LogP contribution in [0.4, 0.5) is 5.69 Å². The SMILES string of the molecule is CCN(CC1CCCO1)c1ccc(C=O)cc1C#N. The van der Waals surface area contributed by atoms with Crippen molar-refractivity contribution in [2.45, 2.75) is 25.9 Å². The highest BCUT2D eigenvalue weighted by atomic mass is 16.5. The van der Waals surface area contributed by atoms with Crippen LogP contribution in [0.25, 0.3) is 0 Å². The predicted octanol–water partition coefficient (Wildman–Crippen LogP) is 2.38. The van der Waals surface area contributed by atoms with Gasteiger partial charge in [-0.05, 0) is 38.0 Å². The summed E-state index contributed by atoms with van der Waals surface area (Å²) >= 11 is 0. The van der Waals surface area contributed by atoms with Crippen molar-refractivity contribution in [2.24, 2.45) is 0 Å². The molecule has 0 spiro atoms. The Morgan fingerprint density at radius 1 is 1.58 bits per heavy atom. The van der Waals surface area contributed by atoms with Crippen LogP contribution in [0.3, 0.4) is 0 Å². The van der Waals surface area contributed by atoms with Gasteiger partial charge >= 0.3 is 0 Å². The molecule has 1 aromatic carbocycles. The molecule has 0 saturated carbocycles. The molecular weight excluding hydrogens is 240 g/mol. The van der Waals surface area contributed by atoms with E-state index >= 15 is 0 Å². The Balaban J connectivity index is 2.21. The Hall–Kier alpha value is -1.86. The van der Waals surface area contributed by atoms with Crippen LogP contribution >= 0.6 is 0 Å². The van der Waals surface area contributed by atoms with Gasteiger partial charge in [0, 0.05) is 25.3 Å². The number of carbonyl (C=O) groups is 1. The maximum atomic E-state index is 10.8. The van der Waals surface area contributed by atoms with Gasteiger partial charge in [-0.25, -0.2) is 0 Å². The van der Waals surface area contributed by atoms with Gasteiger partial charge < -0.3 is 9.64 Å². The standard InChI is InChI=1S/C15H18N2O2/c1-2-17(10-14-4-3-7-19-14)15-6-5-12(11-18)8-13(15)9-16/h5-6,8,11,14H,2-4,7,10H2,1H3. The van der Waals surface area contributed by atoms with E-state index < -0.39 is 0 Å². The number of nitriles is 1. The van der Waals surface area contributed by atoms with Crippen LogP contribution in [0.1, 0.15) is 35.7 Å². The summed E-state index contributed by atoms with van der Waals surface area (Å²) in [6.45, 7) is 4.50. The van der Waals surface area contributed by atoms with Gasteiger partial charge in [0.25, 0.3) is 0 Å². The number of benzene rings is 1. The number of rotatable bonds is 5. The molecule has 1 aromatic rings. The minimum atomic E-state index is 0.247. The fraction of sp³-hybridized carbons (Fsp3) is 0.467. The molecule has 19 heavy (non-hydrogen) atoms. The molecule has 2 rings (SSSR count). The van der Waals surface area contributed by atoms with Crippen LogP contribution in [0.15, 0.2) is 18.2 Å². The summed E-state index contributed by atoms with van der Waals surface area (Å²) < 4.78 is 5.64. The van der Waals surface area contributed by atoms with E-state index in [1.807, 2.05) is 6.07 Å². The molecular formula is C15H18N2O2. The number of hydrogen-bond acceptors (Lipinski definition) is 4. The molecule has 4 heteroatoms. The van der Waals surface area contributed by atoms with Gasteiger partial charge in [-0.2, -0.15) is 5.26 Å². The summed E-state index contributed by atoms with van der Waals surface area (Å²) in [5, 5.41) is 9.22. The monoisotopic (exact) mass is 258 g/mol. The van der Waals surface area contributed by atoms with E-state index in [2.05, 4.69) is 17.9 Å². The third kappa shape index (κ3) is 3.12. The average molecular weight is 258 g/mol. The number of likely N-dealkylation sites (N-methyl/N-ethyl adjacent to an activating group) is 1. The zero-order valence-electron chi connectivity index (χ0n) is 11.1. The lowest BCUT2D eigenvalue weighted by Crippen LogP contribution is -2.32. The normalized spacial score (nSPS) is 18.0. The van der Waals surface area contributed by atoms with Crippen molar-refractivity contribution in [2.75, 3.05) is 24.6 Å². The van der Waals surface area contributed by atoms with E-state index in [4.69, 9.17) is 4.74 Å². The van der Waals surface area contributed by atoms with Crippen LogP contribution in [0.2, 0.25) is 0 Å². The minimum Gasteiger partial charge on any atom is -0.376 e. The van der Waals surface area contributed by atoms with Crippen LogP contribution < -0.4 is 4.90 Å². The van der Waals surface area contributed by atoms with Gasteiger partial charge in [0.05, 0.1) is 17.4 Å². The third-order valence-electron chi connectivity index (χ3n) is 3.45. The molecule has 1 heterocycles. The second kappa shape index (κ2) is 6.35. The fourth-order valence-corrected chi connectivity index (χ4v) is 2.42. The van der Waals surface area contributed by atoms with Gasteiger partial charge in [0.2, 0.25) is 0 Å². The minimum absolute atomic E-state index is 0.247. The summed E-state index contributed by atoms with van der Waals surface area (Å²) in [7, 11) is 0. The van der Waals surface area contributed by atoms with E-state index in [-0.39, 0.29) is 6.10 Å². The molecule has 1 unspecified atom stereocenters. The Morgan fingerprint density at radius 2 is 2.42 bits per heavy atom. The highest BCUT2D eigenvalue weighted by Crippen LogP contribution is 2.23. The molecule has 0 aliphatic carbocycles.